The summed E-state index contributed by atoms with van der Waals surface area (Å²) in [4.78, 5) is 28.3. The fourth-order valence-electron chi connectivity index (χ4n) is 1.84. The minimum atomic E-state index is -0.148. The molecule has 0 radical (unpaired) electrons. The van der Waals surface area contributed by atoms with Crippen LogP contribution in [0.3, 0.4) is 0 Å². The molecule has 110 valence electrons. The maximum atomic E-state index is 12.0. The van der Waals surface area contributed by atoms with Gasteiger partial charge in [-0.25, -0.2) is 0 Å². The highest BCUT2D eigenvalue weighted by molar-refractivity contribution is 7.12. The molecule has 5 nitrogen and oxygen atoms in total. The maximum absolute atomic E-state index is 12.0. The fourth-order valence-corrected chi connectivity index (χ4v) is 2.75. The van der Waals surface area contributed by atoms with Gasteiger partial charge in [0.1, 0.15) is 0 Å². The Labute approximate surface area is 127 Å². The van der Waals surface area contributed by atoms with Crippen molar-refractivity contribution in [3.63, 3.8) is 0 Å². The Morgan fingerprint density at radius 1 is 1.33 bits per heavy atom. The molecule has 0 aliphatic heterocycles. The predicted molar refractivity (Wildman–Crippen MR) is 83.5 cm³/mol. The summed E-state index contributed by atoms with van der Waals surface area (Å²) in [6.07, 6.45) is 4.28. The summed E-state index contributed by atoms with van der Waals surface area (Å²) < 4.78 is 0. The van der Waals surface area contributed by atoms with Gasteiger partial charge in [0.25, 0.3) is 5.91 Å². The van der Waals surface area contributed by atoms with Crippen molar-refractivity contribution in [3.8, 4) is 0 Å². The number of rotatable bonds is 6. The first-order chi connectivity index (χ1) is 10.2. The number of carbonyl (C=O) groups is 2. The van der Waals surface area contributed by atoms with Gasteiger partial charge in [0.2, 0.25) is 5.91 Å². The first-order valence-electron chi connectivity index (χ1n) is 6.75. The van der Waals surface area contributed by atoms with Crippen LogP contribution in [0.25, 0.3) is 0 Å². The Bertz CT molecular complexity index is 610. The zero-order valence-electron chi connectivity index (χ0n) is 11.8. The van der Waals surface area contributed by atoms with E-state index in [-0.39, 0.29) is 18.2 Å². The average molecular weight is 303 g/mol. The van der Waals surface area contributed by atoms with Gasteiger partial charge in [-0.2, -0.15) is 0 Å². The van der Waals surface area contributed by atoms with Gasteiger partial charge in [-0.3, -0.25) is 14.6 Å². The first kappa shape index (κ1) is 15.2. The number of hydrogen-bond donors (Lipinski definition) is 2. The molecule has 0 aromatic carbocycles. The Balaban J connectivity index is 1.76. The van der Waals surface area contributed by atoms with E-state index in [9.17, 15) is 9.59 Å². The summed E-state index contributed by atoms with van der Waals surface area (Å²) >= 11 is 1.42. The molecule has 2 amide bonds. The van der Waals surface area contributed by atoms with Crippen molar-refractivity contribution >= 4 is 28.8 Å². The first-order valence-corrected chi connectivity index (χ1v) is 7.63. The van der Waals surface area contributed by atoms with Crippen LogP contribution in [0.2, 0.25) is 0 Å². The molecule has 2 aromatic rings. The fraction of sp³-hybridized carbons (Fsp3) is 0.267. The molecule has 2 heterocycles. The van der Waals surface area contributed by atoms with Crippen LogP contribution in [0.1, 0.15) is 28.6 Å². The molecular formula is C15H17N3O2S. The van der Waals surface area contributed by atoms with E-state index in [4.69, 9.17) is 0 Å². The van der Waals surface area contributed by atoms with Gasteiger partial charge < -0.3 is 10.6 Å². The molecule has 0 saturated carbocycles. The molecule has 0 atom stereocenters. The van der Waals surface area contributed by atoms with Crippen molar-refractivity contribution in [3.05, 3.63) is 46.4 Å². The van der Waals surface area contributed by atoms with Crippen molar-refractivity contribution < 1.29 is 9.59 Å². The molecule has 2 rings (SSSR count). The highest BCUT2D eigenvalue weighted by Gasteiger charge is 2.12. The van der Waals surface area contributed by atoms with Crippen molar-refractivity contribution in [1.82, 2.24) is 10.3 Å². The third kappa shape index (κ3) is 4.39. The molecule has 0 bridgehead atoms. The third-order valence-electron chi connectivity index (χ3n) is 2.92. The molecule has 2 aromatic heterocycles. The van der Waals surface area contributed by atoms with Gasteiger partial charge >= 0.3 is 0 Å². The van der Waals surface area contributed by atoms with E-state index in [1.54, 1.807) is 24.5 Å². The summed E-state index contributed by atoms with van der Waals surface area (Å²) in [6, 6.07) is 5.47. The summed E-state index contributed by atoms with van der Waals surface area (Å²) in [6.45, 7) is 2.33. The normalized spacial score (nSPS) is 10.1. The minimum Gasteiger partial charge on any atom is -0.351 e. The number of hydrogen-bond acceptors (Lipinski definition) is 4. The van der Waals surface area contributed by atoms with E-state index >= 15 is 0 Å². The van der Waals surface area contributed by atoms with Gasteiger partial charge in [-0.15, -0.1) is 11.3 Å². The lowest BCUT2D eigenvalue weighted by atomic mass is 10.2. The lowest BCUT2D eigenvalue weighted by Crippen LogP contribution is -2.27. The smallest absolute Gasteiger partial charge is 0.261 e. The Morgan fingerprint density at radius 3 is 2.90 bits per heavy atom. The lowest BCUT2D eigenvalue weighted by Gasteiger charge is -2.06. The Kier molecular flexibility index (Phi) is 5.45. The van der Waals surface area contributed by atoms with E-state index in [2.05, 4.69) is 15.6 Å². The number of nitrogens with zero attached hydrogens (tertiary/aromatic N) is 1. The van der Waals surface area contributed by atoms with Crippen LogP contribution in [-0.2, 0) is 11.2 Å². The van der Waals surface area contributed by atoms with Crippen LogP contribution in [0.4, 0.5) is 5.69 Å². The van der Waals surface area contributed by atoms with E-state index in [1.165, 1.54) is 11.3 Å². The molecule has 0 unspecified atom stereocenters. The summed E-state index contributed by atoms with van der Waals surface area (Å²) in [5.74, 6) is -0.263. The Morgan fingerprint density at radius 2 is 2.19 bits per heavy atom. The van der Waals surface area contributed by atoms with Gasteiger partial charge in [0.15, 0.2) is 0 Å². The number of amides is 2. The van der Waals surface area contributed by atoms with E-state index in [1.807, 2.05) is 18.4 Å². The van der Waals surface area contributed by atoms with Crippen LogP contribution in [0.15, 0.2) is 36.0 Å². The van der Waals surface area contributed by atoms with E-state index < -0.39 is 0 Å². The number of nitrogens with one attached hydrogen (secondary N) is 2. The highest BCUT2D eigenvalue weighted by Crippen LogP contribution is 2.16. The Hall–Kier alpha value is -2.21. The number of carbonyl (C=O) groups excluding carboxylic acids is 2. The second-order valence-corrected chi connectivity index (χ2v) is 5.34. The maximum Gasteiger partial charge on any atom is 0.261 e. The second kappa shape index (κ2) is 7.54. The number of thiophene rings is 1. The molecule has 0 fully saturated rings. The van der Waals surface area contributed by atoms with Crippen LogP contribution in [0, 0.1) is 0 Å². The topological polar surface area (TPSA) is 71.1 Å². The molecule has 0 aliphatic carbocycles. The van der Waals surface area contributed by atoms with Crippen LogP contribution in [0.5, 0.6) is 0 Å². The highest BCUT2D eigenvalue weighted by atomic mass is 32.1. The molecule has 2 N–H and O–H groups in total. The molecule has 0 aliphatic rings. The third-order valence-corrected chi connectivity index (χ3v) is 3.87. The molecule has 0 saturated heterocycles. The zero-order valence-corrected chi connectivity index (χ0v) is 12.6. The number of aryl methyl sites for hydroxylation is 1. The average Bonchev–Trinajstić information content (AvgIpc) is 2.96. The van der Waals surface area contributed by atoms with Gasteiger partial charge in [-0.05, 0) is 35.6 Å². The van der Waals surface area contributed by atoms with E-state index in [0.717, 1.165) is 16.9 Å². The summed E-state index contributed by atoms with van der Waals surface area (Å²) in [5, 5.41) is 7.40. The van der Waals surface area contributed by atoms with Crippen LogP contribution in [-0.4, -0.2) is 23.3 Å². The molecular weight excluding hydrogens is 286 g/mol. The molecule has 0 spiro atoms. The van der Waals surface area contributed by atoms with Crippen LogP contribution >= 0.6 is 11.3 Å². The van der Waals surface area contributed by atoms with Crippen molar-refractivity contribution in [2.24, 2.45) is 0 Å². The monoisotopic (exact) mass is 303 g/mol. The second-order valence-electron chi connectivity index (χ2n) is 4.42. The quantitative estimate of drug-likeness (QED) is 0.861. The van der Waals surface area contributed by atoms with Crippen LogP contribution < -0.4 is 10.6 Å². The number of aromatic nitrogens is 1. The molecule has 6 heteroatoms. The van der Waals surface area contributed by atoms with Crippen molar-refractivity contribution in [2.75, 3.05) is 11.9 Å². The predicted octanol–water partition coefficient (Wildman–Crippen LogP) is 2.46. The SMILES string of the molecule is CCc1ccsc1C(=O)NCCC(=O)Nc1cccnc1. The van der Waals surface area contributed by atoms with Crippen molar-refractivity contribution in [2.45, 2.75) is 19.8 Å². The summed E-state index contributed by atoms with van der Waals surface area (Å²) in [7, 11) is 0. The minimum absolute atomic E-state index is 0.115. The zero-order chi connectivity index (χ0) is 15.1. The van der Waals surface area contributed by atoms with Crippen molar-refractivity contribution in [1.29, 1.82) is 0 Å². The summed E-state index contributed by atoms with van der Waals surface area (Å²) in [5.41, 5.74) is 1.69. The van der Waals surface area contributed by atoms with Gasteiger partial charge in [0, 0.05) is 19.2 Å². The van der Waals surface area contributed by atoms with E-state index in [0.29, 0.717) is 12.2 Å². The van der Waals surface area contributed by atoms with Gasteiger partial charge in [0.05, 0.1) is 16.8 Å². The standard InChI is InChI=1S/C15H17N3O2S/c1-2-11-6-9-21-14(11)15(20)17-8-5-13(19)18-12-4-3-7-16-10-12/h3-4,6-7,9-10H,2,5,8H2,1H3,(H,17,20)(H,18,19). The van der Waals surface area contributed by atoms with Gasteiger partial charge in [-0.1, -0.05) is 6.92 Å². The lowest BCUT2D eigenvalue weighted by molar-refractivity contribution is -0.116. The molecule has 21 heavy (non-hydrogen) atoms. The largest absolute Gasteiger partial charge is 0.351 e. The number of anilines is 1. The number of pyridine rings is 1.